The van der Waals surface area contributed by atoms with Gasteiger partial charge in [-0.05, 0) is 41.8 Å². The predicted octanol–water partition coefficient (Wildman–Crippen LogP) is 3.71. The van der Waals surface area contributed by atoms with E-state index < -0.39 is 0 Å². The van der Waals surface area contributed by atoms with E-state index in [9.17, 15) is 9.59 Å². The summed E-state index contributed by atoms with van der Waals surface area (Å²) in [6, 6.07) is 23.9. The van der Waals surface area contributed by atoms with Gasteiger partial charge < -0.3 is 10.1 Å². The van der Waals surface area contributed by atoms with Crippen molar-refractivity contribution >= 4 is 22.4 Å². The van der Waals surface area contributed by atoms with E-state index in [2.05, 4.69) is 10.4 Å². The van der Waals surface area contributed by atoms with Crippen molar-refractivity contribution < 1.29 is 9.53 Å². The number of carbonyl (C=O) groups is 1. The van der Waals surface area contributed by atoms with Crippen LogP contribution in [0.5, 0.6) is 5.75 Å². The van der Waals surface area contributed by atoms with Gasteiger partial charge in [-0.1, -0.05) is 36.4 Å². The molecule has 0 atom stereocenters. The van der Waals surface area contributed by atoms with Crippen molar-refractivity contribution in [3.8, 4) is 17.0 Å². The van der Waals surface area contributed by atoms with Gasteiger partial charge in [-0.2, -0.15) is 5.10 Å². The van der Waals surface area contributed by atoms with Gasteiger partial charge >= 0.3 is 0 Å². The second-order valence-electron chi connectivity index (χ2n) is 6.52. The maximum atomic E-state index is 12.6. The molecule has 29 heavy (non-hydrogen) atoms. The average Bonchev–Trinajstić information content (AvgIpc) is 2.75. The fourth-order valence-electron chi connectivity index (χ4n) is 3.14. The number of fused-ring (bicyclic) bond motifs is 1. The highest BCUT2D eigenvalue weighted by atomic mass is 16.5. The van der Waals surface area contributed by atoms with Gasteiger partial charge in [0.1, 0.15) is 12.3 Å². The van der Waals surface area contributed by atoms with Gasteiger partial charge in [0.25, 0.3) is 5.56 Å². The van der Waals surface area contributed by atoms with Crippen LogP contribution in [0.15, 0.2) is 83.7 Å². The number of rotatable bonds is 5. The number of benzene rings is 3. The highest BCUT2D eigenvalue weighted by Gasteiger charge is 2.10. The Hall–Kier alpha value is -3.93. The molecule has 6 heteroatoms. The summed E-state index contributed by atoms with van der Waals surface area (Å²) in [4.78, 5) is 24.8. The van der Waals surface area contributed by atoms with E-state index in [1.54, 1.807) is 13.2 Å². The van der Waals surface area contributed by atoms with E-state index >= 15 is 0 Å². The minimum atomic E-state index is -0.338. The number of nitrogens with zero attached hydrogens (tertiary/aromatic N) is 2. The molecule has 0 fully saturated rings. The Morgan fingerprint density at radius 3 is 2.52 bits per heavy atom. The SMILES string of the molecule is COc1ccc(-c2ccc(=O)n(CC(=O)Nc3cccc4ccccc34)n2)cc1. The van der Waals surface area contributed by atoms with Crippen molar-refractivity contribution in [3.05, 3.63) is 89.2 Å². The third-order valence-corrected chi connectivity index (χ3v) is 4.61. The molecule has 4 rings (SSSR count). The normalized spacial score (nSPS) is 10.7. The monoisotopic (exact) mass is 385 g/mol. The molecule has 6 nitrogen and oxygen atoms in total. The number of methoxy groups -OCH3 is 1. The second-order valence-corrected chi connectivity index (χ2v) is 6.52. The molecular formula is C23H19N3O3. The Labute approximate surface area is 167 Å². The van der Waals surface area contributed by atoms with E-state index in [1.807, 2.05) is 66.7 Å². The van der Waals surface area contributed by atoms with E-state index in [1.165, 1.54) is 10.7 Å². The predicted molar refractivity (Wildman–Crippen MR) is 113 cm³/mol. The molecule has 0 aliphatic heterocycles. The summed E-state index contributed by atoms with van der Waals surface area (Å²) in [7, 11) is 1.60. The minimum Gasteiger partial charge on any atom is -0.497 e. The Kier molecular flexibility index (Phi) is 5.07. The van der Waals surface area contributed by atoms with Crippen LogP contribution in [0.1, 0.15) is 0 Å². The summed E-state index contributed by atoms with van der Waals surface area (Å²) in [5.74, 6) is 0.416. The molecule has 0 unspecified atom stereocenters. The quantitative estimate of drug-likeness (QED) is 0.568. The van der Waals surface area contributed by atoms with Crippen LogP contribution in [0.2, 0.25) is 0 Å². The standard InChI is InChI=1S/C23H19N3O3/c1-29-18-11-9-17(10-12-18)20-13-14-23(28)26(25-20)15-22(27)24-21-8-4-6-16-5-2-3-7-19(16)21/h2-14H,15H2,1H3,(H,24,27). The molecule has 144 valence electrons. The molecule has 0 bridgehead atoms. The van der Waals surface area contributed by atoms with E-state index in [0.717, 1.165) is 22.1 Å². The zero-order chi connectivity index (χ0) is 20.2. The number of nitrogens with one attached hydrogen (secondary N) is 1. The first-order valence-corrected chi connectivity index (χ1v) is 9.14. The van der Waals surface area contributed by atoms with Gasteiger partial charge in [-0.15, -0.1) is 0 Å². The van der Waals surface area contributed by atoms with Crippen molar-refractivity contribution in [3.63, 3.8) is 0 Å². The number of anilines is 1. The van der Waals surface area contributed by atoms with Crippen LogP contribution in [-0.2, 0) is 11.3 Å². The van der Waals surface area contributed by atoms with Crippen LogP contribution < -0.4 is 15.6 Å². The van der Waals surface area contributed by atoms with Gasteiger partial charge in [0.2, 0.25) is 5.91 Å². The smallest absolute Gasteiger partial charge is 0.267 e. The molecule has 0 spiro atoms. The first kappa shape index (κ1) is 18.4. The van der Waals surface area contributed by atoms with Gasteiger partial charge in [0.15, 0.2) is 0 Å². The van der Waals surface area contributed by atoms with Gasteiger partial charge in [-0.3, -0.25) is 9.59 Å². The number of ether oxygens (including phenoxy) is 1. The number of hydrogen-bond donors (Lipinski definition) is 1. The summed E-state index contributed by atoms with van der Waals surface area (Å²) in [5, 5.41) is 9.19. The second kappa shape index (κ2) is 7.98. The third-order valence-electron chi connectivity index (χ3n) is 4.61. The molecule has 0 aliphatic rings. The summed E-state index contributed by atoms with van der Waals surface area (Å²) in [5.41, 5.74) is 1.79. The van der Waals surface area contributed by atoms with Crippen LogP contribution in [0.3, 0.4) is 0 Å². The average molecular weight is 385 g/mol. The molecule has 1 heterocycles. The lowest BCUT2D eigenvalue weighted by Crippen LogP contribution is -2.29. The van der Waals surface area contributed by atoms with Crippen molar-refractivity contribution in [2.75, 3.05) is 12.4 Å². The number of hydrogen-bond acceptors (Lipinski definition) is 4. The number of amides is 1. The molecule has 3 aromatic carbocycles. The molecule has 0 radical (unpaired) electrons. The fourth-order valence-corrected chi connectivity index (χ4v) is 3.14. The lowest BCUT2D eigenvalue weighted by molar-refractivity contribution is -0.117. The third kappa shape index (κ3) is 4.01. The zero-order valence-electron chi connectivity index (χ0n) is 15.8. The molecule has 1 amide bonds. The highest BCUT2D eigenvalue weighted by molar-refractivity contribution is 6.01. The molecule has 4 aromatic rings. The van der Waals surface area contributed by atoms with Crippen LogP contribution in [-0.4, -0.2) is 22.8 Å². The van der Waals surface area contributed by atoms with E-state index in [4.69, 9.17) is 4.74 Å². The van der Waals surface area contributed by atoms with Gasteiger partial charge in [-0.25, -0.2) is 4.68 Å². The van der Waals surface area contributed by atoms with Crippen molar-refractivity contribution in [2.24, 2.45) is 0 Å². The Bertz CT molecular complexity index is 1220. The van der Waals surface area contributed by atoms with Crippen molar-refractivity contribution in [2.45, 2.75) is 6.54 Å². The van der Waals surface area contributed by atoms with Crippen LogP contribution in [0, 0.1) is 0 Å². The van der Waals surface area contributed by atoms with Gasteiger partial charge in [0, 0.05) is 22.7 Å². The molecule has 1 N–H and O–H groups in total. The number of carbonyl (C=O) groups excluding carboxylic acids is 1. The molecule has 0 aliphatic carbocycles. The summed E-state index contributed by atoms with van der Waals surface area (Å²) in [6.07, 6.45) is 0. The topological polar surface area (TPSA) is 73.2 Å². The van der Waals surface area contributed by atoms with Gasteiger partial charge in [0.05, 0.1) is 12.8 Å². The summed E-state index contributed by atoms with van der Waals surface area (Å²) < 4.78 is 6.33. The van der Waals surface area contributed by atoms with Crippen molar-refractivity contribution in [1.29, 1.82) is 0 Å². The maximum Gasteiger partial charge on any atom is 0.267 e. The molecular weight excluding hydrogens is 366 g/mol. The molecule has 1 aromatic heterocycles. The van der Waals surface area contributed by atoms with E-state index in [0.29, 0.717) is 11.4 Å². The minimum absolute atomic E-state index is 0.175. The summed E-state index contributed by atoms with van der Waals surface area (Å²) >= 11 is 0. The van der Waals surface area contributed by atoms with Crippen LogP contribution >= 0.6 is 0 Å². The highest BCUT2D eigenvalue weighted by Crippen LogP contribution is 2.23. The van der Waals surface area contributed by atoms with Crippen LogP contribution in [0.25, 0.3) is 22.0 Å². The lowest BCUT2D eigenvalue weighted by atomic mass is 10.1. The van der Waals surface area contributed by atoms with E-state index in [-0.39, 0.29) is 18.0 Å². The molecule has 0 saturated carbocycles. The lowest BCUT2D eigenvalue weighted by Gasteiger charge is -2.10. The van der Waals surface area contributed by atoms with Crippen LogP contribution in [0.4, 0.5) is 5.69 Å². The summed E-state index contributed by atoms with van der Waals surface area (Å²) in [6.45, 7) is -0.175. The Morgan fingerprint density at radius 2 is 1.72 bits per heavy atom. The Balaban J connectivity index is 1.57. The first-order valence-electron chi connectivity index (χ1n) is 9.14. The van der Waals surface area contributed by atoms with Crippen molar-refractivity contribution in [1.82, 2.24) is 9.78 Å². The number of aromatic nitrogens is 2. The first-order chi connectivity index (χ1) is 14.1. The molecule has 0 saturated heterocycles. The fraction of sp³-hybridized carbons (Fsp3) is 0.0870. The Morgan fingerprint density at radius 1 is 0.966 bits per heavy atom. The largest absolute Gasteiger partial charge is 0.497 e. The zero-order valence-corrected chi connectivity index (χ0v) is 15.8. The maximum absolute atomic E-state index is 12.6.